The molecule has 0 saturated heterocycles. The second-order valence-electron chi connectivity index (χ2n) is 4.68. The topological polar surface area (TPSA) is 73.0 Å². The highest BCUT2D eigenvalue weighted by Gasteiger charge is 2.27. The van der Waals surface area contributed by atoms with E-state index in [1.165, 1.54) is 0 Å². The number of rotatable bonds is 5. The molecule has 1 unspecified atom stereocenters. The number of aromatic nitrogens is 2. The number of carbonyl (C=O) groups is 1. The molecule has 18 heavy (non-hydrogen) atoms. The Balaban J connectivity index is 1.87. The second-order valence-corrected chi connectivity index (χ2v) is 4.68. The average Bonchev–Trinajstić information content (AvgIpc) is 2.85. The van der Waals surface area contributed by atoms with Gasteiger partial charge in [0.1, 0.15) is 0 Å². The van der Waals surface area contributed by atoms with Gasteiger partial charge in [0.05, 0.1) is 23.8 Å². The van der Waals surface area contributed by atoms with E-state index < -0.39 is 0 Å². The van der Waals surface area contributed by atoms with Gasteiger partial charge in [-0.3, -0.25) is 10.1 Å². The van der Waals surface area contributed by atoms with E-state index in [0.29, 0.717) is 13.0 Å². The molecule has 0 saturated carbocycles. The van der Waals surface area contributed by atoms with Crippen LogP contribution in [0.2, 0.25) is 0 Å². The minimum atomic E-state index is -0.139. The van der Waals surface area contributed by atoms with Crippen molar-refractivity contribution in [1.29, 1.82) is 0 Å². The van der Waals surface area contributed by atoms with Crippen LogP contribution in [0.3, 0.4) is 0 Å². The number of H-pyrrole nitrogens is 1. The lowest BCUT2D eigenvalue weighted by Crippen LogP contribution is -2.48. The molecule has 0 spiro atoms. The van der Waals surface area contributed by atoms with Gasteiger partial charge in [-0.25, -0.2) is 4.98 Å². The summed E-state index contributed by atoms with van der Waals surface area (Å²) in [6.07, 6.45) is 3.34. The lowest BCUT2D eigenvalue weighted by atomic mass is 10.0. The van der Waals surface area contributed by atoms with E-state index in [0.717, 1.165) is 30.9 Å². The molecule has 2 heterocycles. The molecule has 6 heteroatoms. The van der Waals surface area contributed by atoms with Crippen molar-refractivity contribution in [2.45, 2.75) is 25.4 Å². The van der Waals surface area contributed by atoms with Gasteiger partial charge >= 0.3 is 0 Å². The van der Waals surface area contributed by atoms with Gasteiger partial charge in [-0.2, -0.15) is 0 Å². The monoisotopic (exact) mass is 251 g/mol. The summed E-state index contributed by atoms with van der Waals surface area (Å²) in [6.45, 7) is 2.40. The molecule has 1 aromatic rings. The lowest BCUT2D eigenvalue weighted by Gasteiger charge is -2.27. The summed E-state index contributed by atoms with van der Waals surface area (Å²) in [4.78, 5) is 21.4. The summed E-state index contributed by atoms with van der Waals surface area (Å²) >= 11 is 0. The third kappa shape index (κ3) is 2.88. The van der Waals surface area contributed by atoms with E-state index in [1.807, 2.05) is 14.1 Å². The highest BCUT2D eigenvalue weighted by Crippen LogP contribution is 2.13. The van der Waals surface area contributed by atoms with Crippen LogP contribution in [0.4, 0.5) is 0 Å². The maximum absolute atomic E-state index is 12.2. The number of aromatic amines is 1. The smallest absolute Gasteiger partial charge is 0.239 e. The van der Waals surface area contributed by atoms with E-state index in [-0.39, 0.29) is 11.9 Å². The van der Waals surface area contributed by atoms with Crippen LogP contribution in [0.15, 0.2) is 6.33 Å². The minimum absolute atomic E-state index is 0.139. The zero-order valence-electron chi connectivity index (χ0n) is 11.0. The quantitative estimate of drug-likeness (QED) is 0.616. The number of nitrogens with one attached hydrogen (secondary N) is 3. The largest absolute Gasteiger partial charge is 0.347 e. The number of amides is 1. The Kier molecular flexibility index (Phi) is 4.33. The highest BCUT2D eigenvalue weighted by molar-refractivity contribution is 5.82. The number of carbonyl (C=O) groups excluding carboxylic acids is 1. The van der Waals surface area contributed by atoms with Gasteiger partial charge in [-0.1, -0.05) is 0 Å². The van der Waals surface area contributed by atoms with Crippen LogP contribution in [-0.2, 0) is 17.8 Å². The minimum Gasteiger partial charge on any atom is -0.347 e. The van der Waals surface area contributed by atoms with Crippen molar-refractivity contribution in [3.8, 4) is 0 Å². The zero-order chi connectivity index (χ0) is 13.0. The van der Waals surface area contributed by atoms with Gasteiger partial charge in [-0.15, -0.1) is 0 Å². The fraction of sp³-hybridized carbons (Fsp3) is 0.667. The van der Waals surface area contributed by atoms with Crippen molar-refractivity contribution >= 4 is 5.91 Å². The first-order valence-corrected chi connectivity index (χ1v) is 6.36. The third-order valence-corrected chi connectivity index (χ3v) is 3.32. The summed E-state index contributed by atoms with van der Waals surface area (Å²) in [5.74, 6) is 0.153. The predicted molar refractivity (Wildman–Crippen MR) is 69.1 cm³/mol. The van der Waals surface area contributed by atoms with Crippen molar-refractivity contribution in [1.82, 2.24) is 25.5 Å². The van der Waals surface area contributed by atoms with E-state index in [1.54, 1.807) is 11.2 Å². The first-order chi connectivity index (χ1) is 8.72. The zero-order valence-corrected chi connectivity index (χ0v) is 11.0. The predicted octanol–water partition coefficient (Wildman–Crippen LogP) is -0.508. The van der Waals surface area contributed by atoms with Crippen LogP contribution in [0.25, 0.3) is 0 Å². The molecule has 1 aliphatic heterocycles. The molecule has 1 amide bonds. The Labute approximate surface area is 107 Å². The van der Waals surface area contributed by atoms with Crippen molar-refractivity contribution < 1.29 is 4.79 Å². The third-order valence-electron chi connectivity index (χ3n) is 3.32. The molecule has 0 fully saturated rings. The number of nitrogens with zero attached hydrogens (tertiary/aromatic N) is 2. The Morgan fingerprint density at radius 2 is 2.50 bits per heavy atom. The van der Waals surface area contributed by atoms with Crippen molar-refractivity contribution in [2.75, 3.05) is 27.2 Å². The van der Waals surface area contributed by atoms with Gasteiger partial charge in [0.2, 0.25) is 5.91 Å². The molecule has 1 atom stereocenters. The molecular formula is C12H21N5O. The molecule has 0 bridgehead atoms. The SMILES string of the molecule is CNCCCN(C)C(=O)C1Cc2nc[nH]c2CN1. The molecule has 2 rings (SSSR count). The van der Waals surface area contributed by atoms with Crippen LogP contribution in [0.1, 0.15) is 17.8 Å². The summed E-state index contributed by atoms with van der Waals surface area (Å²) < 4.78 is 0. The Morgan fingerprint density at radius 1 is 1.67 bits per heavy atom. The fourth-order valence-electron chi connectivity index (χ4n) is 2.21. The van der Waals surface area contributed by atoms with Gasteiger partial charge in [0.15, 0.2) is 0 Å². The number of hydrogen-bond donors (Lipinski definition) is 3. The summed E-state index contributed by atoms with van der Waals surface area (Å²) in [6, 6.07) is -0.139. The van der Waals surface area contributed by atoms with Crippen LogP contribution >= 0.6 is 0 Å². The van der Waals surface area contributed by atoms with Crippen molar-refractivity contribution in [3.63, 3.8) is 0 Å². The van der Waals surface area contributed by atoms with E-state index >= 15 is 0 Å². The number of fused-ring (bicyclic) bond motifs is 1. The standard InChI is InChI=1S/C12H21N5O/c1-13-4-3-5-17(2)12(18)10-6-9-11(7-14-10)16-8-15-9/h8,10,13-14H,3-7H2,1-2H3,(H,15,16). The molecule has 0 aromatic carbocycles. The molecule has 1 aromatic heterocycles. The first-order valence-electron chi connectivity index (χ1n) is 6.36. The van der Waals surface area contributed by atoms with E-state index in [9.17, 15) is 4.79 Å². The Bertz CT molecular complexity index is 403. The van der Waals surface area contributed by atoms with E-state index in [4.69, 9.17) is 0 Å². The molecule has 100 valence electrons. The molecular weight excluding hydrogens is 230 g/mol. The van der Waals surface area contributed by atoms with Gasteiger partial charge in [-0.05, 0) is 20.0 Å². The summed E-state index contributed by atoms with van der Waals surface area (Å²) in [5.41, 5.74) is 2.10. The second kappa shape index (κ2) is 5.97. The van der Waals surface area contributed by atoms with Crippen LogP contribution in [-0.4, -0.2) is 54.0 Å². The highest BCUT2D eigenvalue weighted by atomic mass is 16.2. The van der Waals surface area contributed by atoms with E-state index in [2.05, 4.69) is 20.6 Å². The molecule has 0 aliphatic carbocycles. The average molecular weight is 251 g/mol. The van der Waals surface area contributed by atoms with Gasteiger partial charge in [0, 0.05) is 26.6 Å². The maximum atomic E-state index is 12.2. The maximum Gasteiger partial charge on any atom is 0.239 e. The summed E-state index contributed by atoms with van der Waals surface area (Å²) in [7, 11) is 3.78. The first kappa shape index (κ1) is 13.0. The number of likely N-dealkylation sites (N-methyl/N-ethyl adjacent to an activating group) is 1. The molecule has 0 radical (unpaired) electrons. The van der Waals surface area contributed by atoms with Crippen LogP contribution in [0, 0.1) is 0 Å². The Hall–Kier alpha value is -1.40. The van der Waals surface area contributed by atoms with Crippen LogP contribution < -0.4 is 10.6 Å². The Morgan fingerprint density at radius 3 is 3.28 bits per heavy atom. The molecule has 1 aliphatic rings. The fourth-order valence-corrected chi connectivity index (χ4v) is 2.21. The van der Waals surface area contributed by atoms with Crippen LogP contribution in [0.5, 0.6) is 0 Å². The number of imidazole rings is 1. The van der Waals surface area contributed by atoms with Gasteiger partial charge in [0.25, 0.3) is 0 Å². The van der Waals surface area contributed by atoms with Gasteiger partial charge < -0.3 is 15.2 Å². The van der Waals surface area contributed by atoms with Crippen molar-refractivity contribution in [3.05, 3.63) is 17.7 Å². The molecule has 6 nitrogen and oxygen atoms in total. The lowest BCUT2D eigenvalue weighted by molar-refractivity contribution is -0.132. The van der Waals surface area contributed by atoms with Crippen molar-refractivity contribution in [2.24, 2.45) is 0 Å². The number of hydrogen-bond acceptors (Lipinski definition) is 4. The normalized spacial score (nSPS) is 18.4. The summed E-state index contributed by atoms with van der Waals surface area (Å²) in [5, 5.41) is 6.34. The molecule has 3 N–H and O–H groups in total.